The second-order valence-electron chi connectivity index (χ2n) is 5.91. The summed E-state index contributed by atoms with van der Waals surface area (Å²) in [6.45, 7) is 7.62. The number of para-hydroxylation sites is 2. The highest BCUT2D eigenvalue weighted by Gasteiger charge is 2.24. The Labute approximate surface area is 150 Å². The Hall–Kier alpha value is -1.01. The van der Waals surface area contributed by atoms with Crippen molar-refractivity contribution in [1.29, 1.82) is 0 Å². The molecule has 23 heavy (non-hydrogen) atoms. The van der Waals surface area contributed by atoms with Crippen LogP contribution in [0.2, 0.25) is 0 Å². The molecule has 0 bridgehead atoms. The van der Waals surface area contributed by atoms with E-state index in [4.69, 9.17) is 10.5 Å². The molecule has 0 radical (unpaired) electrons. The molecule has 0 aromatic heterocycles. The summed E-state index contributed by atoms with van der Waals surface area (Å²) >= 11 is 0. The molecule has 1 heterocycles. The van der Waals surface area contributed by atoms with Crippen LogP contribution in [-0.4, -0.2) is 37.2 Å². The Morgan fingerprint density at radius 3 is 2.43 bits per heavy atom. The fourth-order valence-corrected chi connectivity index (χ4v) is 2.72. The Bertz CT molecular complexity index is 490. The molecular weight excluding hydrogens is 337 g/mol. The number of anilines is 2. The van der Waals surface area contributed by atoms with Crippen molar-refractivity contribution in [2.75, 3.05) is 23.3 Å². The number of nitrogens with one attached hydrogen (secondary N) is 1. The van der Waals surface area contributed by atoms with Crippen LogP contribution in [0.1, 0.15) is 27.2 Å². The summed E-state index contributed by atoms with van der Waals surface area (Å²) in [7, 11) is 0. The van der Waals surface area contributed by atoms with Gasteiger partial charge in [-0.15, -0.1) is 24.8 Å². The molecule has 0 saturated carbocycles. The molecule has 0 spiro atoms. The molecule has 5 nitrogen and oxygen atoms in total. The lowest BCUT2D eigenvalue weighted by molar-refractivity contribution is -0.116. The maximum atomic E-state index is 12.0. The maximum absolute atomic E-state index is 12.0. The van der Waals surface area contributed by atoms with E-state index in [2.05, 4.69) is 24.1 Å². The average molecular weight is 364 g/mol. The van der Waals surface area contributed by atoms with E-state index >= 15 is 0 Å². The topological polar surface area (TPSA) is 67.6 Å². The van der Waals surface area contributed by atoms with Gasteiger partial charge in [0.2, 0.25) is 5.91 Å². The summed E-state index contributed by atoms with van der Waals surface area (Å²) < 4.78 is 5.77. The monoisotopic (exact) mass is 363 g/mol. The van der Waals surface area contributed by atoms with E-state index in [-0.39, 0.29) is 49.0 Å². The molecule has 3 atom stereocenters. The lowest BCUT2D eigenvalue weighted by Crippen LogP contribution is -2.45. The molecular formula is C16H27Cl2N3O2. The van der Waals surface area contributed by atoms with Crippen LogP contribution in [0, 0.1) is 0 Å². The lowest BCUT2D eigenvalue weighted by atomic mass is 10.1. The minimum absolute atomic E-state index is 0. The number of carbonyl (C=O) groups is 1. The second kappa shape index (κ2) is 9.98. The van der Waals surface area contributed by atoms with Crippen LogP contribution in [0.3, 0.4) is 0 Å². The van der Waals surface area contributed by atoms with Gasteiger partial charge in [0.15, 0.2) is 0 Å². The lowest BCUT2D eigenvalue weighted by Gasteiger charge is -2.37. The van der Waals surface area contributed by atoms with Crippen molar-refractivity contribution >= 4 is 42.1 Å². The van der Waals surface area contributed by atoms with E-state index in [1.165, 1.54) is 0 Å². The van der Waals surface area contributed by atoms with Gasteiger partial charge in [0.1, 0.15) is 0 Å². The summed E-state index contributed by atoms with van der Waals surface area (Å²) in [5.74, 6) is -0.0493. The first-order chi connectivity index (χ1) is 9.95. The molecule has 0 aliphatic carbocycles. The number of morpholine rings is 1. The molecule has 3 unspecified atom stereocenters. The number of nitrogens with two attached hydrogens (primary N) is 1. The Morgan fingerprint density at radius 1 is 1.30 bits per heavy atom. The largest absolute Gasteiger partial charge is 0.372 e. The zero-order valence-corrected chi connectivity index (χ0v) is 15.5. The standard InChI is InChI=1S/C16H25N3O2.2ClH/c1-11(17)8-16(20)18-14-6-4-5-7-15(14)19-9-12(2)21-13(3)10-19;;/h4-7,11-13H,8-10,17H2,1-3H3,(H,18,20);2*1H. The molecule has 1 aliphatic heterocycles. The fourth-order valence-electron chi connectivity index (χ4n) is 2.72. The van der Waals surface area contributed by atoms with Crippen molar-refractivity contribution in [3.63, 3.8) is 0 Å². The van der Waals surface area contributed by atoms with Gasteiger partial charge < -0.3 is 20.7 Å². The molecule has 132 valence electrons. The molecule has 1 aliphatic rings. The Morgan fingerprint density at radius 2 is 1.87 bits per heavy atom. The van der Waals surface area contributed by atoms with Crippen LogP contribution >= 0.6 is 24.8 Å². The molecule has 1 aromatic rings. The van der Waals surface area contributed by atoms with Crippen molar-refractivity contribution in [3.8, 4) is 0 Å². The molecule has 1 aromatic carbocycles. The number of nitrogens with zero attached hydrogens (tertiary/aromatic N) is 1. The Balaban J connectivity index is 0.00000242. The third-order valence-corrected chi connectivity index (χ3v) is 3.45. The molecule has 2 rings (SSSR count). The summed E-state index contributed by atoms with van der Waals surface area (Å²) in [6.07, 6.45) is 0.688. The molecule has 1 fully saturated rings. The highest BCUT2D eigenvalue weighted by molar-refractivity contribution is 5.94. The Kier molecular flexibility index (Phi) is 9.54. The first kappa shape index (κ1) is 22.0. The van der Waals surface area contributed by atoms with Crippen LogP contribution in [0.25, 0.3) is 0 Å². The van der Waals surface area contributed by atoms with E-state index in [1.54, 1.807) is 0 Å². The van der Waals surface area contributed by atoms with E-state index in [0.717, 1.165) is 24.5 Å². The van der Waals surface area contributed by atoms with Gasteiger partial charge in [-0.25, -0.2) is 0 Å². The van der Waals surface area contributed by atoms with Gasteiger partial charge in [-0.3, -0.25) is 4.79 Å². The molecule has 1 amide bonds. The van der Waals surface area contributed by atoms with Crippen molar-refractivity contribution in [2.24, 2.45) is 5.73 Å². The number of halogens is 2. The smallest absolute Gasteiger partial charge is 0.225 e. The van der Waals surface area contributed by atoms with Gasteiger partial charge >= 0.3 is 0 Å². The summed E-state index contributed by atoms with van der Waals surface area (Å²) in [5.41, 5.74) is 7.55. The maximum Gasteiger partial charge on any atom is 0.225 e. The van der Waals surface area contributed by atoms with Gasteiger partial charge in [-0.2, -0.15) is 0 Å². The third-order valence-electron chi connectivity index (χ3n) is 3.45. The first-order valence-electron chi connectivity index (χ1n) is 7.50. The minimum Gasteiger partial charge on any atom is -0.372 e. The van der Waals surface area contributed by atoms with Gasteiger partial charge in [-0.05, 0) is 32.9 Å². The average Bonchev–Trinajstić information content (AvgIpc) is 2.37. The molecule has 7 heteroatoms. The SMILES string of the molecule is CC(N)CC(=O)Nc1ccccc1N1CC(C)OC(C)C1.Cl.Cl. The number of amides is 1. The molecule has 1 saturated heterocycles. The van der Waals surface area contributed by atoms with Crippen LogP contribution in [0.5, 0.6) is 0 Å². The van der Waals surface area contributed by atoms with Crippen molar-refractivity contribution in [2.45, 2.75) is 45.4 Å². The number of hydrogen-bond donors (Lipinski definition) is 2. The van der Waals surface area contributed by atoms with Gasteiger partial charge in [-0.1, -0.05) is 12.1 Å². The van der Waals surface area contributed by atoms with Crippen molar-refractivity contribution in [3.05, 3.63) is 24.3 Å². The number of rotatable bonds is 4. The fraction of sp³-hybridized carbons (Fsp3) is 0.562. The predicted molar refractivity (Wildman–Crippen MR) is 100 cm³/mol. The second-order valence-corrected chi connectivity index (χ2v) is 5.91. The molecule has 3 N–H and O–H groups in total. The van der Waals surface area contributed by atoms with Gasteiger partial charge in [0.05, 0.1) is 23.6 Å². The highest BCUT2D eigenvalue weighted by atomic mass is 35.5. The number of hydrogen-bond acceptors (Lipinski definition) is 4. The van der Waals surface area contributed by atoms with Crippen molar-refractivity contribution < 1.29 is 9.53 Å². The third kappa shape index (κ3) is 6.55. The normalized spacial score (nSPS) is 21.7. The zero-order chi connectivity index (χ0) is 15.4. The predicted octanol–water partition coefficient (Wildman–Crippen LogP) is 2.82. The van der Waals surface area contributed by atoms with Crippen LogP contribution < -0.4 is 16.0 Å². The van der Waals surface area contributed by atoms with Crippen LogP contribution in [0.4, 0.5) is 11.4 Å². The summed E-state index contributed by atoms with van der Waals surface area (Å²) in [6, 6.07) is 7.74. The van der Waals surface area contributed by atoms with Crippen LogP contribution in [0.15, 0.2) is 24.3 Å². The number of ether oxygens (including phenoxy) is 1. The van der Waals surface area contributed by atoms with Gasteiger partial charge in [0.25, 0.3) is 0 Å². The number of carbonyl (C=O) groups excluding carboxylic acids is 1. The van der Waals surface area contributed by atoms with E-state index in [1.807, 2.05) is 31.2 Å². The van der Waals surface area contributed by atoms with E-state index in [9.17, 15) is 4.79 Å². The highest BCUT2D eigenvalue weighted by Crippen LogP contribution is 2.28. The quantitative estimate of drug-likeness (QED) is 0.862. The van der Waals surface area contributed by atoms with Crippen LogP contribution in [-0.2, 0) is 9.53 Å². The first-order valence-corrected chi connectivity index (χ1v) is 7.50. The van der Waals surface area contributed by atoms with E-state index < -0.39 is 0 Å². The minimum atomic E-state index is -0.138. The zero-order valence-electron chi connectivity index (χ0n) is 13.8. The number of benzene rings is 1. The summed E-state index contributed by atoms with van der Waals surface area (Å²) in [5, 5.41) is 2.97. The van der Waals surface area contributed by atoms with E-state index in [0.29, 0.717) is 6.42 Å². The van der Waals surface area contributed by atoms with Crippen molar-refractivity contribution in [1.82, 2.24) is 0 Å². The van der Waals surface area contributed by atoms with Gasteiger partial charge in [0, 0.05) is 25.6 Å². The summed E-state index contributed by atoms with van der Waals surface area (Å²) in [4.78, 5) is 14.2.